The zero-order valence-electron chi connectivity index (χ0n) is 48.6. The number of amides is 10. The average Bonchev–Trinajstić information content (AvgIpc) is 3.41. The first-order valence-electron chi connectivity index (χ1n) is 27.1. The van der Waals surface area contributed by atoms with Crippen molar-refractivity contribution in [1.82, 2.24) is 60.6 Å². The van der Waals surface area contributed by atoms with Gasteiger partial charge in [0.2, 0.25) is 47.3 Å². The van der Waals surface area contributed by atoms with Crippen LogP contribution in [0.2, 0.25) is 0 Å². The Morgan fingerprint density at radius 2 is 0.825 bits per heavy atom. The van der Waals surface area contributed by atoms with Gasteiger partial charge in [0.15, 0.2) is 0 Å². The number of pyridine rings is 2. The molecule has 1 aliphatic heterocycles. The maximum atomic E-state index is 14.8. The molecule has 22 nitrogen and oxygen atoms in total. The molecule has 0 unspecified atom stereocenters. The molecular weight excluding hydrogens is 1020 g/mol. The Labute approximate surface area is 468 Å². The van der Waals surface area contributed by atoms with Crippen LogP contribution >= 0.6 is 0 Å². The van der Waals surface area contributed by atoms with Crippen molar-refractivity contribution in [3.8, 4) is 0 Å². The fourth-order valence-electron chi connectivity index (χ4n) is 9.86. The highest BCUT2D eigenvalue weighted by Crippen LogP contribution is 2.20. The van der Waals surface area contributed by atoms with Crippen molar-refractivity contribution < 1.29 is 47.9 Å². The van der Waals surface area contributed by atoms with Crippen molar-refractivity contribution in [2.24, 2.45) is 23.7 Å². The Balaban J connectivity index is 1.56. The first-order chi connectivity index (χ1) is 37.6. The number of para-hydroxylation sites is 2. The molecule has 432 valence electrons. The molecule has 80 heavy (non-hydrogen) atoms. The van der Waals surface area contributed by atoms with E-state index in [1.807, 2.05) is 52.0 Å². The van der Waals surface area contributed by atoms with Crippen LogP contribution in [0.4, 0.5) is 0 Å². The second-order valence-corrected chi connectivity index (χ2v) is 22.3. The van der Waals surface area contributed by atoms with Crippen molar-refractivity contribution in [2.45, 2.75) is 104 Å². The van der Waals surface area contributed by atoms with Gasteiger partial charge in [-0.3, -0.25) is 47.9 Å². The second kappa shape index (κ2) is 27.7. The van der Waals surface area contributed by atoms with Crippen LogP contribution in [0.25, 0.3) is 21.8 Å². The van der Waals surface area contributed by atoms with E-state index in [1.54, 1.807) is 64.1 Å². The number of hydrogen-bond donors (Lipinski definition) is 4. The third-order valence-electron chi connectivity index (χ3n) is 14.3. The summed E-state index contributed by atoms with van der Waals surface area (Å²) in [6.45, 7) is 12.2. The zero-order chi connectivity index (χ0) is 59.4. The zero-order valence-corrected chi connectivity index (χ0v) is 48.6. The van der Waals surface area contributed by atoms with Gasteiger partial charge in [0.25, 0.3) is 11.8 Å². The van der Waals surface area contributed by atoms with Crippen molar-refractivity contribution >= 4 is 80.9 Å². The molecular formula is C58H80N12O10. The maximum absolute atomic E-state index is 14.8. The van der Waals surface area contributed by atoms with Crippen LogP contribution in [-0.4, -0.2) is 203 Å². The Hall–Kier alpha value is -8.04. The Kier molecular flexibility index (Phi) is 21.7. The molecule has 4 N–H and O–H groups in total. The molecule has 1 fully saturated rings. The predicted molar refractivity (Wildman–Crippen MR) is 302 cm³/mol. The number of nitrogens with zero attached hydrogens (tertiary/aromatic N) is 8. The molecule has 2 aromatic carbocycles. The minimum absolute atomic E-state index is 0.0246. The summed E-state index contributed by atoms with van der Waals surface area (Å²) in [7, 11) is 8.37. The SMILES string of the molecule is CC(C)C[C@H]1C(=O)N(C)CC(=O)N(C)[C@@H](C(C)C)C(=O)NC[C@H](NC(=O)c2ccc3ccccc3n2)C(=O)N(C)[C@@H](CC(C)C)C(=O)N(C)CC(=O)N(C)[C@@H](C(C)C)C(=O)NC[C@H](NC(=O)c2ccc3ccccc3n2)C(=O)N1C. The van der Waals surface area contributed by atoms with Gasteiger partial charge in [0, 0.05) is 66.1 Å². The van der Waals surface area contributed by atoms with Gasteiger partial charge in [0.1, 0.15) is 47.6 Å². The molecule has 3 heterocycles. The fraction of sp³-hybridized carbons (Fsp3) is 0.517. The third-order valence-corrected chi connectivity index (χ3v) is 14.3. The molecule has 6 atom stereocenters. The minimum Gasteiger partial charge on any atom is -0.352 e. The molecule has 4 aromatic rings. The van der Waals surface area contributed by atoms with E-state index in [9.17, 15) is 47.9 Å². The molecule has 22 heteroatoms. The minimum atomic E-state index is -1.49. The number of carbonyl (C=O) groups excluding carboxylic acids is 10. The van der Waals surface area contributed by atoms with Crippen LogP contribution in [0.5, 0.6) is 0 Å². The second-order valence-electron chi connectivity index (χ2n) is 22.3. The molecule has 0 radical (unpaired) electrons. The maximum Gasteiger partial charge on any atom is 0.270 e. The van der Waals surface area contributed by atoms with E-state index in [4.69, 9.17) is 0 Å². The van der Waals surface area contributed by atoms with Crippen LogP contribution in [0.15, 0.2) is 72.8 Å². The van der Waals surface area contributed by atoms with Gasteiger partial charge in [-0.2, -0.15) is 0 Å². The van der Waals surface area contributed by atoms with E-state index in [1.165, 1.54) is 74.0 Å². The molecule has 5 rings (SSSR count). The van der Waals surface area contributed by atoms with Crippen LogP contribution in [0, 0.1) is 23.7 Å². The topological polar surface area (TPSA) is 264 Å². The number of fused-ring (bicyclic) bond motifs is 2. The van der Waals surface area contributed by atoms with Crippen molar-refractivity contribution in [2.75, 3.05) is 68.5 Å². The lowest BCUT2D eigenvalue weighted by atomic mass is 9.99. The van der Waals surface area contributed by atoms with Crippen LogP contribution in [0.3, 0.4) is 0 Å². The third kappa shape index (κ3) is 15.6. The predicted octanol–water partition coefficient (Wildman–Crippen LogP) is 2.56. The van der Waals surface area contributed by atoms with E-state index in [0.29, 0.717) is 11.0 Å². The van der Waals surface area contributed by atoms with E-state index in [-0.39, 0.29) is 36.1 Å². The molecule has 0 bridgehead atoms. The number of nitrogens with one attached hydrogen (secondary N) is 4. The quantitative estimate of drug-likeness (QED) is 0.179. The lowest BCUT2D eigenvalue weighted by molar-refractivity contribution is -0.150. The number of aromatic nitrogens is 2. The van der Waals surface area contributed by atoms with Gasteiger partial charge in [-0.15, -0.1) is 0 Å². The lowest BCUT2D eigenvalue weighted by Crippen LogP contribution is -2.61. The van der Waals surface area contributed by atoms with Gasteiger partial charge in [-0.05, 0) is 60.8 Å². The molecule has 1 saturated heterocycles. The summed E-state index contributed by atoms with van der Waals surface area (Å²) in [6, 6.07) is 13.0. The number of rotatable bonds is 10. The number of carbonyl (C=O) groups is 10. The normalized spacial score (nSPS) is 21.8. The van der Waals surface area contributed by atoms with Gasteiger partial charge < -0.3 is 50.7 Å². The summed E-state index contributed by atoms with van der Waals surface area (Å²) in [5.74, 6) is -8.35. The smallest absolute Gasteiger partial charge is 0.270 e. The molecule has 10 amide bonds. The van der Waals surface area contributed by atoms with Crippen LogP contribution < -0.4 is 21.3 Å². The highest BCUT2D eigenvalue weighted by Gasteiger charge is 2.40. The number of benzene rings is 2. The lowest BCUT2D eigenvalue weighted by Gasteiger charge is -2.36. The van der Waals surface area contributed by atoms with Crippen molar-refractivity contribution in [3.05, 3.63) is 84.2 Å². The van der Waals surface area contributed by atoms with Crippen LogP contribution in [0.1, 0.15) is 89.2 Å². The standard InChI is InChI=1S/C58H80N12O10/c1-33(2)27-45-57(79)65(9)31-47(71)69(13)49(35(5)6)54(76)60-30-44(64-52(74)42-26-24-38-20-16-18-22-40(38)62-42)56(78)68(12)46(28-34(3)4)58(80)66(10)32-48(72)70(14)50(36(7)8)53(75)59-29-43(55(77)67(45)11)63-51(73)41-25-23-37-19-15-17-21-39(37)61-41/h15-26,33-36,43-46,49-50H,27-32H2,1-14H3,(H,59,75)(H,60,76)(H,63,73)(H,64,74)/t43-,44-,45-,46-,49-,50-/m0/s1. The Morgan fingerprint density at radius 3 is 1.15 bits per heavy atom. The van der Waals surface area contributed by atoms with E-state index >= 15 is 0 Å². The van der Waals surface area contributed by atoms with Gasteiger partial charge in [0.05, 0.1) is 24.1 Å². The summed E-state index contributed by atoms with van der Waals surface area (Å²) in [5.41, 5.74) is 0.986. The fourth-order valence-corrected chi connectivity index (χ4v) is 9.86. The first kappa shape index (κ1) is 62.8. The first-order valence-corrected chi connectivity index (χ1v) is 27.1. The molecule has 0 aliphatic carbocycles. The Morgan fingerprint density at radius 1 is 0.487 bits per heavy atom. The van der Waals surface area contributed by atoms with E-state index < -0.39 is 133 Å². The summed E-state index contributed by atoms with van der Waals surface area (Å²) in [4.78, 5) is 160. The Bertz CT molecular complexity index is 2750. The highest BCUT2D eigenvalue weighted by atomic mass is 16.2. The van der Waals surface area contributed by atoms with Gasteiger partial charge in [-0.1, -0.05) is 104 Å². The summed E-state index contributed by atoms with van der Waals surface area (Å²) in [6.07, 6.45) is 0.234. The highest BCUT2D eigenvalue weighted by molar-refractivity contribution is 6.01. The summed E-state index contributed by atoms with van der Waals surface area (Å²) in [5, 5.41) is 12.5. The van der Waals surface area contributed by atoms with E-state index in [0.717, 1.165) is 20.6 Å². The molecule has 0 spiro atoms. The summed E-state index contributed by atoms with van der Waals surface area (Å²) < 4.78 is 0. The molecule has 1 aliphatic rings. The van der Waals surface area contributed by atoms with E-state index in [2.05, 4.69) is 31.2 Å². The molecule has 2 aromatic heterocycles. The van der Waals surface area contributed by atoms with Crippen molar-refractivity contribution in [1.29, 1.82) is 0 Å². The monoisotopic (exact) mass is 1100 g/mol. The van der Waals surface area contributed by atoms with Crippen molar-refractivity contribution in [3.63, 3.8) is 0 Å². The summed E-state index contributed by atoms with van der Waals surface area (Å²) >= 11 is 0. The number of hydrogen-bond acceptors (Lipinski definition) is 12. The number of likely N-dealkylation sites (N-methyl/N-ethyl adjacent to an activating group) is 6. The average molecular weight is 1110 g/mol. The van der Waals surface area contributed by atoms with Gasteiger partial charge in [-0.25, -0.2) is 9.97 Å². The largest absolute Gasteiger partial charge is 0.352 e. The van der Waals surface area contributed by atoms with Gasteiger partial charge >= 0.3 is 0 Å². The van der Waals surface area contributed by atoms with Crippen LogP contribution in [-0.2, 0) is 38.4 Å². The molecule has 0 saturated carbocycles.